The number of rotatable bonds is 10. The maximum atomic E-state index is 11.7. The van der Waals surface area contributed by atoms with Crippen molar-refractivity contribution in [2.45, 2.75) is 59.2 Å². The Morgan fingerprint density at radius 3 is 2.12 bits per heavy atom. The molecule has 0 spiro atoms. The first-order chi connectivity index (χ1) is 8.19. The summed E-state index contributed by atoms with van der Waals surface area (Å²) < 4.78 is 16.0. The molecule has 2 atom stereocenters. The Balaban J connectivity index is 4.31. The standard InChI is InChI=1S/C13H26O4/c1-5-9-11(15-6-2)10-12(16-7-3)13(14)17-8-4/h11-12H,5-10H2,1-4H3. The third kappa shape index (κ3) is 7.34. The SMILES string of the molecule is CCCC(CC(OCC)C(=O)OCC)OCC. The van der Waals surface area contributed by atoms with Gasteiger partial charge in [-0.1, -0.05) is 13.3 Å². The van der Waals surface area contributed by atoms with E-state index in [1.165, 1.54) is 0 Å². The lowest BCUT2D eigenvalue weighted by molar-refractivity contribution is -0.159. The highest BCUT2D eigenvalue weighted by Crippen LogP contribution is 2.13. The molecule has 0 aliphatic carbocycles. The van der Waals surface area contributed by atoms with Crippen molar-refractivity contribution in [2.24, 2.45) is 0 Å². The van der Waals surface area contributed by atoms with Gasteiger partial charge >= 0.3 is 5.97 Å². The van der Waals surface area contributed by atoms with Crippen LogP contribution in [0.15, 0.2) is 0 Å². The van der Waals surface area contributed by atoms with Gasteiger partial charge in [0.1, 0.15) is 0 Å². The zero-order chi connectivity index (χ0) is 13.1. The van der Waals surface area contributed by atoms with E-state index in [-0.39, 0.29) is 12.1 Å². The monoisotopic (exact) mass is 246 g/mol. The number of carbonyl (C=O) groups is 1. The highest BCUT2D eigenvalue weighted by atomic mass is 16.6. The first-order valence-electron chi connectivity index (χ1n) is 6.59. The highest BCUT2D eigenvalue weighted by Gasteiger charge is 2.24. The van der Waals surface area contributed by atoms with Gasteiger partial charge in [0.15, 0.2) is 6.10 Å². The lowest BCUT2D eigenvalue weighted by Crippen LogP contribution is -2.32. The lowest BCUT2D eigenvalue weighted by Gasteiger charge is -2.22. The molecule has 0 rings (SSSR count). The van der Waals surface area contributed by atoms with Crippen molar-refractivity contribution in [1.82, 2.24) is 0 Å². The van der Waals surface area contributed by atoms with E-state index in [2.05, 4.69) is 6.92 Å². The fourth-order valence-electron chi connectivity index (χ4n) is 1.73. The van der Waals surface area contributed by atoms with Gasteiger partial charge in [-0.2, -0.15) is 0 Å². The molecule has 0 radical (unpaired) electrons. The van der Waals surface area contributed by atoms with E-state index < -0.39 is 6.10 Å². The Morgan fingerprint density at radius 1 is 1.00 bits per heavy atom. The minimum Gasteiger partial charge on any atom is -0.464 e. The quantitative estimate of drug-likeness (QED) is 0.556. The van der Waals surface area contributed by atoms with Crippen LogP contribution < -0.4 is 0 Å². The van der Waals surface area contributed by atoms with Crippen molar-refractivity contribution in [3.8, 4) is 0 Å². The van der Waals surface area contributed by atoms with E-state index in [0.29, 0.717) is 26.2 Å². The molecular formula is C13H26O4. The smallest absolute Gasteiger partial charge is 0.335 e. The molecule has 4 heteroatoms. The highest BCUT2D eigenvalue weighted by molar-refractivity contribution is 5.74. The third-order valence-corrected chi connectivity index (χ3v) is 2.41. The van der Waals surface area contributed by atoms with Crippen LogP contribution in [-0.4, -0.2) is 38.0 Å². The second-order valence-electron chi connectivity index (χ2n) is 3.80. The average Bonchev–Trinajstić information content (AvgIpc) is 2.29. The molecule has 0 saturated heterocycles. The molecule has 0 aliphatic rings. The van der Waals surface area contributed by atoms with Crippen LogP contribution in [0.3, 0.4) is 0 Å². The molecule has 0 aliphatic heterocycles. The van der Waals surface area contributed by atoms with Crippen LogP contribution in [0, 0.1) is 0 Å². The van der Waals surface area contributed by atoms with Crippen molar-refractivity contribution in [1.29, 1.82) is 0 Å². The Bertz CT molecular complexity index is 188. The fraction of sp³-hybridized carbons (Fsp3) is 0.923. The molecule has 0 fully saturated rings. The van der Waals surface area contributed by atoms with E-state index in [0.717, 1.165) is 12.8 Å². The Morgan fingerprint density at radius 2 is 1.65 bits per heavy atom. The Labute approximate surface area is 105 Å². The van der Waals surface area contributed by atoms with E-state index >= 15 is 0 Å². The zero-order valence-electron chi connectivity index (χ0n) is 11.5. The van der Waals surface area contributed by atoms with Crippen molar-refractivity contribution in [2.75, 3.05) is 19.8 Å². The van der Waals surface area contributed by atoms with Gasteiger partial charge in [0.2, 0.25) is 0 Å². The summed E-state index contributed by atoms with van der Waals surface area (Å²) in [6, 6.07) is 0. The van der Waals surface area contributed by atoms with Gasteiger partial charge in [-0.05, 0) is 27.2 Å². The number of carbonyl (C=O) groups excluding carboxylic acids is 1. The van der Waals surface area contributed by atoms with Crippen LogP contribution >= 0.6 is 0 Å². The van der Waals surface area contributed by atoms with Crippen LogP contribution in [0.25, 0.3) is 0 Å². The van der Waals surface area contributed by atoms with Crippen molar-refractivity contribution in [3.05, 3.63) is 0 Å². The molecule has 0 heterocycles. The van der Waals surface area contributed by atoms with Gasteiger partial charge in [0.05, 0.1) is 12.7 Å². The van der Waals surface area contributed by atoms with Crippen LogP contribution in [0.5, 0.6) is 0 Å². The lowest BCUT2D eigenvalue weighted by atomic mass is 10.1. The Kier molecular flexibility index (Phi) is 10.2. The van der Waals surface area contributed by atoms with E-state index in [1.807, 2.05) is 13.8 Å². The molecule has 0 bridgehead atoms. The molecule has 2 unspecified atom stereocenters. The minimum absolute atomic E-state index is 0.0750. The summed E-state index contributed by atoms with van der Waals surface area (Å²) in [5, 5.41) is 0. The maximum absolute atomic E-state index is 11.7. The normalized spacial score (nSPS) is 14.4. The van der Waals surface area contributed by atoms with Crippen molar-refractivity contribution < 1.29 is 19.0 Å². The second kappa shape index (κ2) is 10.5. The summed E-state index contributed by atoms with van der Waals surface area (Å²) in [5.74, 6) is -0.282. The molecule has 102 valence electrons. The maximum Gasteiger partial charge on any atom is 0.335 e. The molecular weight excluding hydrogens is 220 g/mol. The molecule has 0 aromatic heterocycles. The van der Waals surface area contributed by atoms with Crippen molar-refractivity contribution in [3.63, 3.8) is 0 Å². The summed E-state index contributed by atoms with van der Waals surface area (Å²) in [7, 11) is 0. The zero-order valence-corrected chi connectivity index (χ0v) is 11.5. The number of esters is 1. The van der Waals surface area contributed by atoms with Gasteiger partial charge in [-0.25, -0.2) is 4.79 Å². The number of hydrogen-bond acceptors (Lipinski definition) is 4. The minimum atomic E-state index is -0.497. The molecule has 0 amide bonds. The predicted molar refractivity (Wildman–Crippen MR) is 67.0 cm³/mol. The van der Waals surface area contributed by atoms with Gasteiger partial charge in [-0.3, -0.25) is 0 Å². The molecule has 4 nitrogen and oxygen atoms in total. The Hall–Kier alpha value is -0.610. The predicted octanol–water partition coefficient (Wildman–Crippen LogP) is 2.55. The molecule has 17 heavy (non-hydrogen) atoms. The van der Waals surface area contributed by atoms with Crippen LogP contribution in [0.1, 0.15) is 47.0 Å². The summed E-state index contributed by atoms with van der Waals surface area (Å²) >= 11 is 0. The van der Waals surface area contributed by atoms with Gasteiger partial charge in [0, 0.05) is 19.6 Å². The fourth-order valence-corrected chi connectivity index (χ4v) is 1.73. The molecule has 0 aromatic carbocycles. The van der Waals surface area contributed by atoms with E-state index in [4.69, 9.17) is 14.2 Å². The van der Waals surface area contributed by atoms with Gasteiger partial charge < -0.3 is 14.2 Å². The third-order valence-electron chi connectivity index (χ3n) is 2.41. The summed E-state index contributed by atoms with van der Waals surface area (Å²) in [5.41, 5.74) is 0. The first-order valence-corrected chi connectivity index (χ1v) is 6.59. The first kappa shape index (κ1) is 16.4. The number of hydrogen-bond donors (Lipinski definition) is 0. The summed E-state index contributed by atoms with van der Waals surface area (Å²) in [6.45, 7) is 9.29. The van der Waals surface area contributed by atoms with Crippen LogP contribution in [0.2, 0.25) is 0 Å². The average molecular weight is 246 g/mol. The van der Waals surface area contributed by atoms with E-state index in [1.54, 1.807) is 6.92 Å². The van der Waals surface area contributed by atoms with E-state index in [9.17, 15) is 4.79 Å². The van der Waals surface area contributed by atoms with Crippen LogP contribution in [-0.2, 0) is 19.0 Å². The second-order valence-corrected chi connectivity index (χ2v) is 3.80. The summed E-state index contributed by atoms with van der Waals surface area (Å²) in [6.07, 6.45) is 2.13. The molecule has 0 aromatic rings. The summed E-state index contributed by atoms with van der Waals surface area (Å²) in [4.78, 5) is 11.7. The largest absolute Gasteiger partial charge is 0.464 e. The number of ether oxygens (including phenoxy) is 3. The van der Waals surface area contributed by atoms with Crippen molar-refractivity contribution >= 4 is 5.97 Å². The molecule has 0 saturated carbocycles. The topological polar surface area (TPSA) is 44.8 Å². The molecule has 0 N–H and O–H groups in total. The van der Waals surface area contributed by atoms with Gasteiger partial charge in [0.25, 0.3) is 0 Å². The van der Waals surface area contributed by atoms with Gasteiger partial charge in [-0.15, -0.1) is 0 Å². The van der Waals surface area contributed by atoms with Crippen LogP contribution in [0.4, 0.5) is 0 Å².